The van der Waals surface area contributed by atoms with Crippen LogP contribution in [0.1, 0.15) is 12.8 Å². The zero-order valence-electron chi connectivity index (χ0n) is 8.27. The SMILES string of the molecule is CN(C(=O)CN)[C@@H](CCCN)C(=O)O. The van der Waals surface area contributed by atoms with Crippen LogP contribution in [0.3, 0.4) is 0 Å². The second-order valence-corrected chi connectivity index (χ2v) is 2.99. The molecule has 0 saturated carbocycles. The maximum atomic E-state index is 11.1. The Kier molecular flexibility index (Phi) is 5.82. The Hall–Kier alpha value is -1.14. The Morgan fingerprint density at radius 2 is 2.00 bits per heavy atom. The third kappa shape index (κ3) is 3.71. The lowest BCUT2D eigenvalue weighted by Gasteiger charge is -2.24. The van der Waals surface area contributed by atoms with E-state index in [1.54, 1.807) is 0 Å². The summed E-state index contributed by atoms with van der Waals surface area (Å²) in [6, 6.07) is -0.824. The highest BCUT2D eigenvalue weighted by atomic mass is 16.4. The number of rotatable bonds is 6. The first kappa shape index (κ1) is 12.9. The van der Waals surface area contributed by atoms with Crippen LogP contribution >= 0.6 is 0 Å². The first-order valence-corrected chi connectivity index (χ1v) is 4.43. The van der Waals surface area contributed by atoms with Crippen LogP contribution in [-0.4, -0.2) is 48.1 Å². The van der Waals surface area contributed by atoms with E-state index in [1.807, 2.05) is 0 Å². The lowest BCUT2D eigenvalue weighted by atomic mass is 10.1. The second-order valence-electron chi connectivity index (χ2n) is 2.99. The summed E-state index contributed by atoms with van der Waals surface area (Å²) < 4.78 is 0. The zero-order valence-corrected chi connectivity index (χ0v) is 8.27. The summed E-state index contributed by atoms with van der Waals surface area (Å²) in [5.74, 6) is -1.41. The van der Waals surface area contributed by atoms with Crippen molar-refractivity contribution in [2.24, 2.45) is 11.5 Å². The molecule has 6 heteroatoms. The van der Waals surface area contributed by atoms with Crippen molar-refractivity contribution in [3.05, 3.63) is 0 Å². The molecule has 14 heavy (non-hydrogen) atoms. The molecule has 0 bridgehead atoms. The molecular formula is C8H17N3O3. The van der Waals surface area contributed by atoms with Gasteiger partial charge in [-0.05, 0) is 19.4 Å². The van der Waals surface area contributed by atoms with Crippen LogP contribution in [0.25, 0.3) is 0 Å². The summed E-state index contributed by atoms with van der Waals surface area (Å²) in [4.78, 5) is 23.1. The molecule has 5 N–H and O–H groups in total. The maximum Gasteiger partial charge on any atom is 0.326 e. The minimum absolute atomic E-state index is 0.178. The van der Waals surface area contributed by atoms with Crippen molar-refractivity contribution in [1.82, 2.24) is 4.90 Å². The molecule has 0 spiro atoms. The smallest absolute Gasteiger partial charge is 0.326 e. The minimum atomic E-state index is -1.03. The average Bonchev–Trinajstić information content (AvgIpc) is 2.16. The largest absolute Gasteiger partial charge is 0.480 e. The summed E-state index contributed by atoms with van der Waals surface area (Å²) in [6.45, 7) is 0.233. The van der Waals surface area contributed by atoms with Gasteiger partial charge in [-0.1, -0.05) is 0 Å². The van der Waals surface area contributed by atoms with Gasteiger partial charge in [0.25, 0.3) is 0 Å². The summed E-state index contributed by atoms with van der Waals surface area (Å²) in [5.41, 5.74) is 10.4. The van der Waals surface area contributed by atoms with Crippen molar-refractivity contribution < 1.29 is 14.7 Å². The van der Waals surface area contributed by atoms with Gasteiger partial charge in [0.15, 0.2) is 0 Å². The number of carboxylic acids is 1. The summed E-state index contributed by atoms with van der Waals surface area (Å²) in [5, 5.41) is 8.84. The van der Waals surface area contributed by atoms with Crippen LogP contribution in [-0.2, 0) is 9.59 Å². The molecule has 0 aromatic carbocycles. The van der Waals surface area contributed by atoms with E-state index in [-0.39, 0.29) is 12.5 Å². The Bertz CT molecular complexity index is 208. The van der Waals surface area contributed by atoms with Crippen LogP contribution in [0.15, 0.2) is 0 Å². The minimum Gasteiger partial charge on any atom is -0.480 e. The number of likely N-dealkylation sites (N-methyl/N-ethyl adjacent to an activating group) is 1. The summed E-state index contributed by atoms with van der Waals surface area (Å²) >= 11 is 0. The quantitative estimate of drug-likeness (QED) is 0.491. The van der Waals surface area contributed by atoms with Crippen LogP contribution in [0.5, 0.6) is 0 Å². The normalized spacial score (nSPS) is 12.2. The van der Waals surface area contributed by atoms with E-state index in [9.17, 15) is 9.59 Å². The third-order valence-corrected chi connectivity index (χ3v) is 2.00. The highest BCUT2D eigenvalue weighted by molar-refractivity contribution is 5.84. The van der Waals surface area contributed by atoms with Crippen molar-refractivity contribution >= 4 is 11.9 Å². The molecule has 0 aromatic rings. The van der Waals surface area contributed by atoms with E-state index in [2.05, 4.69) is 0 Å². The molecule has 1 atom stereocenters. The molecule has 1 amide bonds. The van der Waals surface area contributed by atoms with Gasteiger partial charge in [-0.2, -0.15) is 0 Å². The van der Waals surface area contributed by atoms with Crippen LogP contribution < -0.4 is 11.5 Å². The van der Waals surface area contributed by atoms with Crippen LogP contribution in [0.4, 0.5) is 0 Å². The zero-order chi connectivity index (χ0) is 11.1. The number of carbonyl (C=O) groups excluding carboxylic acids is 1. The predicted octanol–water partition coefficient (Wildman–Crippen LogP) is -1.40. The van der Waals surface area contributed by atoms with Gasteiger partial charge in [-0.15, -0.1) is 0 Å². The first-order chi connectivity index (χ1) is 6.54. The molecule has 0 rings (SSSR count). The van der Waals surface area contributed by atoms with Crippen molar-refractivity contribution in [2.45, 2.75) is 18.9 Å². The molecule has 0 aromatic heterocycles. The van der Waals surface area contributed by atoms with Gasteiger partial charge in [0.05, 0.1) is 6.54 Å². The molecule has 0 aliphatic carbocycles. The number of nitrogens with two attached hydrogens (primary N) is 2. The van der Waals surface area contributed by atoms with Crippen LogP contribution in [0.2, 0.25) is 0 Å². The Morgan fingerprint density at radius 3 is 2.36 bits per heavy atom. The summed E-state index contributed by atoms with van der Waals surface area (Å²) in [7, 11) is 1.44. The molecule has 0 unspecified atom stereocenters. The molecule has 0 fully saturated rings. The monoisotopic (exact) mass is 203 g/mol. The van der Waals surface area contributed by atoms with Crippen LogP contribution in [0, 0.1) is 0 Å². The van der Waals surface area contributed by atoms with E-state index in [4.69, 9.17) is 16.6 Å². The highest BCUT2D eigenvalue weighted by Gasteiger charge is 2.24. The predicted molar refractivity (Wildman–Crippen MR) is 51.5 cm³/mol. The highest BCUT2D eigenvalue weighted by Crippen LogP contribution is 2.05. The molecule has 0 heterocycles. The van der Waals surface area contributed by atoms with Crippen molar-refractivity contribution in [2.75, 3.05) is 20.1 Å². The fraction of sp³-hybridized carbons (Fsp3) is 0.750. The number of hydrogen-bond donors (Lipinski definition) is 3. The van der Waals surface area contributed by atoms with Gasteiger partial charge in [0.1, 0.15) is 6.04 Å². The Morgan fingerprint density at radius 1 is 1.43 bits per heavy atom. The third-order valence-electron chi connectivity index (χ3n) is 2.00. The van der Waals surface area contributed by atoms with Crippen molar-refractivity contribution in [1.29, 1.82) is 0 Å². The van der Waals surface area contributed by atoms with E-state index >= 15 is 0 Å². The summed E-state index contributed by atoms with van der Waals surface area (Å²) in [6.07, 6.45) is 0.924. The maximum absolute atomic E-state index is 11.1. The number of nitrogens with zero attached hydrogens (tertiary/aromatic N) is 1. The van der Waals surface area contributed by atoms with E-state index in [0.29, 0.717) is 19.4 Å². The van der Waals surface area contributed by atoms with E-state index in [0.717, 1.165) is 4.90 Å². The Balaban J connectivity index is 4.32. The van der Waals surface area contributed by atoms with Gasteiger partial charge in [-0.25, -0.2) is 4.79 Å². The standard InChI is InChI=1S/C8H17N3O3/c1-11(7(12)5-10)6(8(13)14)3-2-4-9/h6H,2-5,9-10H2,1H3,(H,13,14)/t6-/m0/s1. The topological polar surface area (TPSA) is 110 Å². The number of hydrogen-bond acceptors (Lipinski definition) is 4. The average molecular weight is 203 g/mol. The van der Waals surface area contributed by atoms with Gasteiger partial charge >= 0.3 is 5.97 Å². The number of carbonyl (C=O) groups is 2. The molecule has 0 saturated heterocycles. The molecule has 0 aliphatic heterocycles. The van der Waals surface area contributed by atoms with Crippen molar-refractivity contribution in [3.8, 4) is 0 Å². The van der Waals surface area contributed by atoms with E-state index < -0.39 is 12.0 Å². The lowest BCUT2D eigenvalue weighted by molar-refractivity contribution is -0.148. The number of aliphatic carboxylic acids is 1. The fourth-order valence-corrected chi connectivity index (χ4v) is 1.11. The Labute approximate surface area is 82.9 Å². The van der Waals surface area contributed by atoms with E-state index in [1.165, 1.54) is 7.05 Å². The molecule has 82 valence electrons. The first-order valence-electron chi connectivity index (χ1n) is 4.43. The van der Waals surface area contributed by atoms with Gasteiger partial charge in [0.2, 0.25) is 5.91 Å². The molecule has 6 nitrogen and oxygen atoms in total. The molecular weight excluding hydrogens is 186 g/mol. The fourth-order valence-electron chi connectivity index (χ4n) is 1.11. The number of carboxylic acid groups (broad SMARTS) is 1. The lowest BCUT2D eigenvalue weighted by Crippen LogP contribution is -2.45. The second kappa shape index (κ2) is 6.33. The molecule has 0 aliphatic rings. The molecule has 0 radical (unpaired) electrons. The van der Waals surface area contributed by atoms with Crippen molar-refractivity contribution in [3.63, 3.8) is 0 Å². The van der Waals surface area contributed by atoms with Gasteiger partial charge in [-0.3, -0.25) is 4.79 Å². The van der Waals surface area contributed by atoms with Gasteiger partial charge in [0, 0.05) is 7.05 Å². The van der Waals surface area contributed by atoms with Gasteiger partial charge < -0.3 is 21.5 Å². The number of amides is 1.